The molecule has 1 aliphatic heterocycles. The third kappa shape index (κ3) is 3.93. The minimum atomic E-state index is -0.235. The number of amides is 1. The van der Waals surface area contributed by atoms with E-state index in [9.17, 15) is 9.59 Å². The Morgan fingerprint density at radius 1 is 1.19 bits per heavy atom. The third-order valence-electron chi connectivity index (χ3n) is 5.13. The van der Waals surface area contributed by atoms with Gasteiger partial charge in [-0.2, -0.15) is 0 Å². The average Bonchev–Trinajstić information content (AvgIpc) is 3.08. The SMILES string of the molecule is C=CCCCCN1C(=O)COc2ccc(-n3c4nc(SC)ncc4c(=O)n3CC=C)nc21. The molecule has 0 N–H and O–H groups in total. The topological polar surface area (TPSA) is 95.1 Å². The lowest BCUT2D eigenvalue weighted by molar-refractivity contribution is -0.121. The number of pyridine rings is 1. The Kier molecular flexibility index (Phi) is 6.40. The highest BCUT2D eigenvalue weighted by molar-refractivity contribution is 7.98. The number of thioether (sulfide) groups is 1. The molecule has 1 amide bonds. The van der Waals surface area contributed by atoms with Crippen LogP contribution in [0.25, 0.3) is 16.9 Å². The molecule has 32 heavy (non-hydrogen) atoms. The van der Waals surface area contributed by atoms with E-state index in [1.165, 1.54) is 22.6 Å². The Morgan fingerprint density at radius 2 is 2.03 bits per heavy atom. The second kappa shape index (κ2) is 9.39. The molecule has 10 heteroatoms. The number of carbonyl (C=O) groups is 1. The maximum atomic E-state index is 13.0. The van der Waals surface area contributed by atoms with Gasteiger partial charge >= 0.3 is 0 Å². The van der Waals surface area contributed by atoms with Crippen molar-refractivity contribution in [3.8, 4) is 11.6 Å². The van der Waals surface area contributed by atoms with Crippen LogP contribution in [-0.2, 0) is 11.3 Å². The van der Waals surface area contributed by atoms with Crippen molar-refractivity contribution >= 4 is 34.5 Å². The Balaban J connectivity index is 1.84. The second-order valence-corrected chi connectivity index (χ2v) is 7.96. The fraction of sp³-hybridized carbons (Fsp3) is 0.318. The van der Waals surface area contributed by atoms with Crippen LogP contribution in [0.5, 0.6) is 5.75 Å². The maximum absolute atomic E-state index is 13.0. The van der Waals surface area contributed by atoms with Crippen LogP contribution < -0.4 is 15.2 Å². The van der Waals surface area contributed by atoms with Crippen molar-refractivity contribution in [2.45, 2.75) is 31.0 Å². The van der Waals surface area contributed by atoms with Gasteiger partial charge in [-0.15, -0.1) is 13.2 Å². The predicted molar refractivity (Wildman–Crippen MR) is 125 cm³/mol. The fourth-order valence-corrected chi connectivity index (χ4v) is 3.94. The van der Waals surface area contributed by atoms with Crippen LogP contribution in [0, 0.1) is 0 Å². The summed E-state index contributed by atoms with van der Waals surface area (Å²) in [5, 5.41) is 0.931. The molecule has 4 heterocycles. The molecule has 0 bridgehead atoms. The highest BCUT2D eigenvalue weighted by atomic mass is 32.2. The highest BCUT2D eigenvalue weighted by Crippen LogP contribution is 2.32. The van der Waals surface area contributed by atoms with Crippen LogP contribution in [0.1, 0.15) is 19.3 Å². The summed E-state index contributed by atoms with van der Waals surface area (Å²) in [5.74, 6) is 1.29. The van der Waals surface area contributed by atoms with Crippen molar-refractivity contribution < 1.29 is 9.53 Å². The van der Waals surface area contributed by atoms with Crippen LogP contribution in [0.2, 0.25) is 0 Å². The monoisotopic (exact) mass is 452 g/mol. The second-order valence-electron chi connectivity index (χ2n) is 7.19. The first-order valence-corrected chi connectivity index (χ1v) is 11.5. The lowest BCUT2D eigenvalue weighted by atomic mass is 10.2. The molecule has 9 nitrogen and oxygen atoms in total. The van der Waals surface area contributed by atoms with Gasteiger partial charge in [0.25, 0.3) is 11.5 Å². The van der Waals surface area contributed by atoms with Crippen LogP contribution in [0.4, 0.5) is 5.82 Å². The molecule has 0 radical (unpaired) electrons. The first-order chi connectivity index (χ1) is 15.6. The summed E-state index contributed by atoms with van der Waals surface area (Å²) in [7, 11) is 0. The Bertz CT molecular complexity index is 1250. The highest BCUT2D eigenvalue weighted by Gasteiger charge is 2.28. The van der Waals surface area contributed by atoms with Crippen LogP contribution in [-0.4, -0.2) is 49.6 Å². The summed E-state index contributed by atoms with van der Waals surface area (Å²) in [6.07, 6.45) is 9.54. The molecule has 0 atom stereocenters. The molecule has 0 fully saturated rings. The first-order valence-electron chi connectivity index (χ1n) is 10.3. The zero-order valence-corrected chi connectivity index (χ0v) is 18.7. The molecule has 0 saturated heterocycles. The molecule has 3 aromatic heterocycles. The zero-order chi connectivity index (χ0) is 22.7. The predicted octanol–water partition coefficient (Wildman–Crippen LogP) is 2.97. The van der Waals surface area contributed by atoms with Gasteiger partial charge in [-0.1, -0.05) is 23.9 Å². The minimum Gasteiger partial charge on any atom is -0.480 e. The van der Waals surface area contributed by atoms with E-state index < -0.39 is 0 Å². The van der Waals surface area contributed by atoms with Gasteiger partial charge in [0.1, 0.15) is 5.39 Å². The number of hydrogen-bond donors (Lipinski definition) is 0. The van der Waals surface area contributed by atoms with Gasteiger partial charge in [-0.3, -0.25) is 14.5 Å². The van der Waals surface area contributed by atoms with Gasteiger partial charge in [0.05, 0.1) is 6.54 Å². The van der Waals surface area contributed by atoms with E-state index in [0.29, 0.717) is 40.1 Å². The summed E-state index contributed by atoms with van der Waals surface area (Å²) in [4.78, 5) is 40.8. The lowest BCUT2D eigenvalue weighted by Gasteiger charge is -2.28. The van der Waals surface area contributed by atoms with Gasteiger partial charge in [-0.05, 0) is 37.7 Å². The lowest BCUT2D eigenvalue weighted by Crippen LogP contribution is -2.40. The third-order valence-corrected chi connectivity index (χ3v) is 5.69. The van der Waals surface area contributed by atoms with Crippen LogP contribution in [0.15, 0.2) is 53.6 Å². The molecule has 166 valence electrons. The van der Waals surface area contributed by atoms with Crippen molar-refractivity contribution in [2.75, 3.05) is 24.3 Å². The number of rotatable bonds is 9. The Morgan fingerprint density at radius 3 is 2.78 bits per heavy atom. The molecule has 4 rings (SSSR count). The molecule has 0 saturated carbocycles. The largest absolute Gasteiger partial charge is 0.480 e. The maximum Gasteiger partial charge on any atom is 0.278 e. The van der Waals surface area contributed by atoms with Gasteiger partial charge in [0, 0.05) is 12.7 Å². The Labute approximate surface area is 189 Å². The number of anilines is 1. The van der Waals surface area contributed by atoms with Crippen molar-refractivity contribution in [1.29, 1.82) is 0 Å². The van der Waals surface area contributed by atoms with Gasteiger partial charge in [0.2, 0.25) is 0 Å². The van der Waals surface area contributed by atoms with E-state index in [2.05, 4.69) is 23.1 Å². The zero-order valence-electron chi connectivity index (χ0n) is 17.9. The molecule has 0 aliphatic carbocycles. The number of carbonyl (C=O) groups excluding carboxylic acids is 1. The van der Waals surface area contributed by atoms with Gasteiger partial charge < -0.3 is 4.74 Å². The number of ether oxygens (including phenoxy) is 1. The molecular formula is C22H24N6O3S. The standard InChI is InChI=1S/C22H24N6O3S/c1-4-6-7-8-12-26-18(29)14-31-16-9-10-17(24-20(16)26)28-19-15(13-23-22(25-19)32-3)21(30)27(28)11-5-2/h4-5,9-10,13H,1-2,6-8,11-12,14H2,3H3. The minimum absolute atomic E-state index is 0.0204. The van der Waals surface area contributed by atoms with Crippen molar-refractivity contribution in [1.82, 2.24) is 24.3 Å². The quantitative estimate of drug-likeness (QED) is 0.213. The summed E-state index contributed by atoms with van der Waals surface area (Å²) in [5.41, 5.74) is 0.213. The normalized spacial score (nSPS) is 13.2. The van der Waals surface area contributed by atoms with Crippen LogP contribution in [0.3, 0.4) is 0 Å². The van der Waals surface area contributed by atoms with Crippen molar-refractivity contribution in [3.63, 3.8) is 0 Å². The smallest absolute Gasteiger partial charge is 0.278 e. The van der Waals surface area contributed by atoms with E-state index in [1.54, 1.807) is 27.8 Å². The molecule has 0 spiro atoms. The molecule has 0 aromatic carbocycles. The fourth-order valence-electron chi connectivity index (χ4n) is 3.61. The number of nitrogens with zero attached hydrogens (tertiary/aromatic N) is 6. The number of aromatic nitrogens is 5. The summed E-state index contributed by atoms with van der Waals surface area (Å²) >= 11 is 1.39. The summed E-state index contributed by atoms with van der Waals surface area (Å²) < 4.78 is 8.75. The Hall–Kier alpha value is -3.40. The van der Waals surface area contributed by atoms with Crippen LogP contribution >= 0.6 is 11.8 Å². The van der Waals surface area contributed by atoms with Gasteiger partial charge in [0.15, 0.2) is 34.8 Å². The van der Waals surface area contributed by atoms with Gasteiger partial charge in [-0.25, -0.2) is 24.3 Å². The van der Waals surface area contributed by atoms with E-state index in [4.69, 9.17) is 9.72 Å². The molecule has 0 unspecified atom stereocenters. The molecular weight excluding hydrogens is 428 g/mol. The van der Waals surface area contributed by atoms with E-state index >= 15 is 0 Å². The first kappa shape index (κ1) is 21.8. The van der Waals surface area contributed by atoms with E-state index in [0.717, 1.165) is 19.3 Å². The summed E-state index contributed by atoms with van der Waals surface area (Å²) in [6, 6.07) is 3.52. The van der Waals surface area contributed by atoms with E-state index in [-0.39, 0.29) is 24.6 Å². The van der Waals surface area contributed by atoms with E-state index in [1.807, 2.05) is 12.3 Å². The molecule has 1 aliphatic rings. The van der Waals surface area contributed by atoms with Crippen molar-refractivity contribution in [2.24, 2.45) is 0 Å². The average molecular weight is 453 g/mol. The van der Waals surface area contributed by atoms with Crippen molar-refractivity contribution in [3.05, 3.63) is 54.0 Å². The number of allylic oxidation sites excluding steroid dienone is 2. The number of hydrogen-bond acceptors (Lipinski definition) is 7. The number of unbranched alkanes of at least 4 members (excludes halogenated alkanes) is 2. The summed E-state index contributed by atoms with van der Waals surface area (Å²) in [6.45, 7) is 8.28. The molecule has 3 aromatic rings. The number of fused-ring (bicyclic) bond motifs is 2.